The van der Waals surface area contributed by atoms with Gasteiger partial charge in [-0.05, 0) is 42.9 Å². The Morgan fingerprint density at radius 2 is 1.95 bits per heavy atom. The monoisotopic (exact) mass is 305 g/mol. The molecule has 2 rings (SSSR count). The molecule has 1 fully saturated rings. The molecule has 1 saturated carbocycles. The molecule has 5 heteroatoms. The van der Waals surface area contributed by atoms with Crippen LogP contribution in [0.2, 0.25) is 0 Å². The Hall–Kier alpha value is -2.04. The molecule has 1 aromatic rings. The van der Waals surface area contributed by atoms with Crippen LogP contribution in [0.5, 0.6) is 5.75 Å². The third kappa shape index (κ3) is 3.59. The van der Waals surface area contributed by atoms with Gasteiger partial charge in [0.2, 0.25) is 0 Å². The fourth-order valence-electron chi connectivity index (χ4n) is 2.15. The van der Waals surface area contributed by atoms with Gasteiger partial charge in [-0.3, -0.25) is 4.79 Å². The predicted molar refractivity (Wildman–Crippen MR) is 83.0 cm³/mol. The summed E-state index contributed by atoms with van der Waals surface area (Å²) in [7, 11) is 0. The molecule has 0 heterocycles. The molecule has 1 aliphatic carbocycles. The zero-order chi connectivity index (χ0) is 16.5. The summed E-state index contributed by atoms with van der Waals surface area (Å²) in [5, 5.41) is 11.7. The summed E-state index contributed by atoms with van der Waals surface area (Å²) >= 11 is 0. The summed E-state index contributed by atoms with van der Waals surface area (Å²) in [5.74, 6) is -0.779. The van der Waals surface area contributed by atoms with Crippen LogP contribution in [0, 0.1) is 0 Å². The highest BCUT2D eigenvalue weighted by Crippen LogP contribution is 2.35. The van der Waals surface area contributed by atoms with Gasteiger partial charge in [0, 0.05) is 0 Å². The van der Waals surface area contributed by atoms with E-state index in [1.807, 2.05) is 18.2 Å². The number of carbonyl (C=O) groups is 2. The molecule has 0 aromatic heterocycles. The smallest absolute Gasteiger partial charge is 0.329 e. The Labute approximate surface area is 130 Å². The number of amides is 1. The lowest BCUT2D eigenvalue weighted by molar-refractivity contribution is -0.144. The van der Waals surface area contributed by atoms with Gasteiger partial charge in [-0.1, -0.05) is 32.9 Å². The molecule has 120 valence electrons. The minimum Gasteiger partial charge on any atom is -0.481 e. The van der Waals surface area contributed by atoms with Crippen molar-refractivity contribution in [2.45, 2.75) is 57.6 Å². The molecule has 0 spiro atoms. The van der Waals surface area contributed by atoms with E-state index in [4.69, 9.17) is 9.84 Å². The minimum absolute atomic E-state index is 0.00769. The van der Waals surface area contributed by atoms with Crippen molar-refractivity contribution >= 4 is 11.9 Å². The first-order chi connectivity index (χ1) is 10.1. The second-order valence-corrected chi connectivity index (χ2v) is 6.91. The van der Waals surface area contributed by atoms with Crippen LogP contribution in [-0.4, -0.2) is 28.6 Å². The SMILES string of the molecule is CC(Oc1cccc(C(C)(C)C)c1)C(=O)NC1(C(=O)O)CC1. The summed E-state index contributed by atoms with van der Waals surface area (Å²) < 4.78 is 5.66. The van der Waals surface area contributed by atoms with E-state index in [1.54, 1.807) is 13.0 Å². The molecule has 1 aromatic carbocycles. The van der Waals surface area contributed by atoms with Crippen LogP contribution in [0.4, 0.5) is 0 Å². The molecule has 1 amide bonds. The van der Waals surface area contributed by atoms with Crippen LogP contribution in [-0.2, 0) is 15.0 Å². The van der Waals surface area contributed by atoms with E-state index in [1.165, 1.54) is 0 Å². The van der Waals surface area contributed by atoms with Crippen molar-refractivity contribution in [2.24, 2.45) is 0 Å². The highest BCUT2D eigenvalue weighted by Gasteiger charge is 2.52. The normalized spacial score (nSPS) is 17.5. The van der Waals surface area contributed by atoms with Crippen LogP contribution >= 0.6 is 0 Å². The van der Waals surface area contributed by atoms with E-state index in [2.05, 4.69) is 26.1 Å². The first kappa shape index (κ1) is 16.3. The lowest BCUT2D eigenvalue weighted by Crippen LogP contribution is -2.48. The van der Waals surface area contributed by atoms with Gasteiger partial charge in [0.1, 0.15) is 11.3 Å². The van der Waals surface area contributed by atoms with Crippen LogP contribution in [0.15, 0.2) is 24.3 Å². The van der Waals surface area contributed by atoms with Crippen LogP contribution < -0.4 is 10.1 Å². The molecule has 0 bridgehead atoms. The topological polar surface area (TPSA) is 75.6 Å². The number of hydrogen-bond donors (Lipinski definition) is 2. The van der Waals surface area contributed by atoms with Crippen molar-refractivity contribution in [3.8, 4) is 5.75 Å². The fraction of sp³-hybridized carbons (Fsp3) is 0.529. The maximum Gasteiger partial charge on any atom is 0.329 e. The quantitative estimate of drug-likeness (QED) is 0.876. The van der Waals surface area contributed by atoms with Gasteiger partial charge in [-0.25, -0.2) is 4.79 Å². The molecule has 0 saturated heterocycles. The van der Waals surface area contributed by atoms with E-state index in [0.717, 1.165) is 5.56 Å². The van der Waals surface area contributed by atoms with Gasteiger partial charge in [0.05, 0.1) is 0 Å². The van der Waals surface area contributed by atoms with E-state index in [0.29, 0.717) is 18.6 Å². The summed E-state index contributed by atoms with van der Waals surface area (Å²) in [6.45, 7) is 7.93. The molecular weight excluding hydrogens is 282 g/mol. The second-order valence-electron chi connectivity index (χ2n) is 6.91. The van der Waals surface area contributed by atoms with E-state index in [-0.39, 0.29) is 5.41 Å². The number of rotatable bonds is 5. The van der Waals surface area contributed by atoms with Gasteiger partial charge in [-0.15, -0.1) is 0 Å². The van der Waals surface area contributed by atoms with Crippen molar-refractivity contribution in [3.63, 3.8) is 0 Å². The Morgan fingerprint density at radius 3 is 2.45 bits per heavy atom. The van der Waals surface area contributed by atoms with Crippen molar-refractivity contribution in [3.05, 3.63) is 29.8 Å². The van der Waals surface area contributed by atoms with Crippen LogP contribution in [0.1, 0.15) is 46.1 Å². The first-order valence-electron chi connectivity index (χ1n) is 7.47. The van der Waals surface area contributed by atoms with Crippen molar-refractivity contribution < 1.29 is 19.4 Å². The molecule has 5 nitrogen and oxygen atoms in total. The first-order valence-corrected chi connectivity index (χ1v) is 7.47. The van der Waals surface area contributed by atoms with Gasteiger partial charge >= 0.3 is 5.97 Å². The largest absolute Gasteiger partial charge is 0.481 e. The number of benzene rings is 1. The molecule has 1 atom stereocenters. The summed E-state index contributed by atoms with van der Waals surface area (Å²) in [6.07, 6.45) is 0.202. The highest BCUT2D eigenvalue weighted by molar-refractivity contribution is 5.91. The van der Waals surface area contributed by atoms with Crippen LogP contribution in [0.25, 0.3) is 0 Å². The predicted octanol–water partition coefficient (Wildman–Crippen LogP) is 2.48. The maximum atomic E-state index is 12.1. The Balaban J connectivity index is 2.01. The van der Waals surface area contributed by atoms with Crippen molar-refractivity contribution in [1.82, 2.24) is 5.32 Å². The summed E-state index contributed by atoms with van der Waals surface area (Å²) in [4.78, 5) is 23.2. The standard InChI is InChI=1S/C17H23NO4/c1-11(14(19)18-17(8-9-17)15(20)21)22-13-7-5-6-12(10-13)16(2,3)4/h5-7,10-11H,8-9H2,1-4H3,(H,18,19)(H,20,21). The third-order valence-corrected chi connectivity index (χ3v) is 3.90. The molecular formula is C17H23NO4. The second kappa shape index (κ2) is 5.63. The maximum absolute atomic E-state index is 12.1. The number of ether oxygens (including phenoxy) is 1. The summed E-state index contributed by atoms with van der Waals surface area (Å²) in [5.41, 5.74) is 0.0237. The Bertz CT molecular complexity index is 585. The molecule has 2 N–H and O–H groups in total. The zero-order valence-electron chi connectivity index (χ0n) is 13.5. The van der Waals surface area contributed by atoms with Gasteiger partial charge in [-0.2, -0.15) is 0 Å². The highest BCUT2D eigenvalue weighted by atomic mass is 16.5. The van der Waals surface area contributed by atoms with Gasteiger partial charge in [0.15, 0.2) is 6.10 Å². The molecule has 1 unspecified atom stereocenters. The minimum atomic E-state index is -1.08. The molecule has 0 radical (unpaired) electrons. The molecule has 1 aliphatic rings. The van der Waals surface area contributed by atoms with E-state index in [9.17, 15) is 9.59 Å². The number of carboxylic acids is 1. The van der Waals surface area contributed by atoms with Crippen LogP contribution in [0.3, 0.4) is 0 Å². The third-order valence-electron chi connectivity index (χ3n) is 3.90. The summed E-state index contributed by atoms with van der Waals surface area (Å²) in [6, 6.07) is 7.61. The lowest BCUT2D eigenvalue weighted by atomic mass is 9.87. The number of hydrogen-bond acceptors (Lipinski definition) is 3. The average Bonchev–Trinajstić information content (AvgIpc) is 3.19. The Morgan fingerprint density at radius 1 is 1.32 bits per heavy atom. The average molecular weight is 305 g/mol. The van der Waals surface area contributed by atoms with Gasteiger partial charge < -0.3 is 15.2 Å². The lowest BCUT2D eigenvalue weighted by Gasteiger charge is -2.21. The van der Waals surface area contributed by atoms with Crippen molar-refractivity contribution in [1.29, 1.82) is 0 Å². The number of nitrogens with one attached hydrogen (secondary N) is 1. The van der Waals surface area contributed by atoms with E-state index < -0.39 is 23.5 Å². The number of carboxylic acid groups (broad SMARTS) is 1. The molecule has 0 aliphatic heterocycles. The molecule has 22 heavy (non-hydrogen) atoms. The zero-order valence-corrected chi connectivity index (χ0v) is 13.5. The number of aliphatic carboxylic acids is 1. The van der Waals surface area contributed by atoms with Gasteiger partial charge in [0.25, 0.3) is 5.91 Å². The van der Waals surface area contributed by atoms with Crippen molar-refractivity contribution in [2.75, 3.05) is 0 Å². The van der Waals surface area contributed by atoms with E-state index >= 15 is 0 Å². The fourth-order valence-corrected chi connectivity index (χ4v) is 2.15. The Kier molecular flexibility index (Phi) is 4.18. The number of carbonyl (C=O) groups excluding carboxylic acids is 1.